The number of anilines is 1. The summed E-state index contributed by atoms with van der Waals surface area (Å²) in [6.45, 7) is 0.273. The monoisotopic (exact) mass is 317 g/mol. The van der Waals surface area contributed by atoms with E-state index in [2.05, 4.69) is 4.72 Å². The Bertz CT molecular complexity index is 618. The van der Waals surface area contributed by atoms with Gasteiger partial charge >= 0.3 is 0 Å². The molecule has 6 nitrogen and oxygen atoms in total. The number of amides is 1. The molecule has 1 saturated heterocycles. The largest absolute Gasteiger partial charge is 0.309 e. The average molecular weight is 318 g/mol. The second kappa shape index (κ2) is 5.69. The third-order valence-electron chi connectivity index (χ3n) is 3.06. The normalized spacial score (nSPS) is 19.9. The van der Waals surface area contributed by atoms with E-state index in [-0.39, 0.29) is 18.9 Å². The van der Waals surface area contributed by atoms with Crippen LogP contribution in [0, 0.1) is 0 Å². The van der Waals surface area contributed by atoms with Crippen LogP contribution < -0.4 is 9.62 Å². The fraction of sp³-hybridized carbons (Fsp3) is 0.417. The highest BCUT2D eigenvalue weighted by molar-refractivity contribution is 7.87. The topological polar surface area (TPSA) is 69.7 Å². The number of para-hydroxylation sites is 1. The first-order chi connectivity index (χ1) is 9.31. The molecule has 1 N–H and O–H groups in total. The molecule has 1 aliphatic heterocycles. The van der Waals surface area contributed by atoms with Gasteiger partial charge in [-0.25, -0.2) is 0 Å². The fourth-order valence-corrected chi connectivity index (χ4v) is 3.03. The quantitative estimate of drug-likeness (QED) is 0.894. The molecule has 1 amide bonds. The fourth-order valence-electron chi connectivity index (χ4n) is 2.01. The van der Waals surface area contributed by atoms with Crippen LogP contribution in [0.15, 0.2) is 24.3 Å². The van der Waals surface area contributed by atoms with Crippen molar-refractivity contribution in [3.63, 3.8) is 0 Å². The minimum atomic E-state index is -3.55. The zero-order chi connectivity index (χ0) is 14.9. The summed E-state index contributed by atoms with van der Waals surface area (Å²) in [6.07, 6.45) is 0.123. The number of hydrogen-bond donors (Lipinski definition) is 1. The number of halogens is 1. The summed E-state index contributed by atoms with van der Waals surface area (Å²) >= 11 is 6.06. The minimum absolute atomic E-state index is 0.123. The third kappa shape index (κ3) is 3.12. The minimum Gasteiger partial charge on any atom is -0.309 e. The highest BCUT2D eigenvalue weighted by Gasteiger charge is 2.34. The lowest BCUT2D eigenvalue weighted by Crippen LogP contribution is -2.43. The summed E-state index contributed by atoms with van der Waals surface area (Å²) in [4.78, 5) is 13.5. The second-order valence-corrected chi connectivity index (χ2v) is 7.09. The number of benzene rings is 1. The number of nitrogens with one attached hydrogen (secondary N) is 1. The van der Waals surface area contributed by atoms with Crippen molar-refractivity contribution in [2.45, 2.75) is 12.5 Å². The van der Waals surface area contributed by atoms with E-state index >= 15 is 0 Å². The van der Waals surface area contributed by atoms with Gasteiger partial charge in [0.05, 0.1) is 10.7 Å². The van der Waals surface area contributed by atoms with E-state index in [1.54, 1.807) is 24.3 Å². The van der Waals surface area contributed by atoms with Crippen molar-refractivity contribution < 1.29 is 13.2 Å². The molecule has 0 bridgehead atoms. The van der Waals surface area contributed by atoms with Gasteiger partial charge in [0.15, 0.2) is 0 Å². The van der Waals surface area contributed by atoms with Gasteiger partial charge in [0.2, 0.25) is 5.91 Å². The van der Waals surface area contributed by atoms with Crippen LogP contribution in [-0.4, -0.2) is 45.3 Å². The first-order valence-corrected chi connectivity index (χ1v) is 7.88. The van der Waals surface area contributed by atoms with Gasteiger partial charge in [0.25, 0.3) is 10.2 Å². The van der Waals surface area contributed by atoms with Crippen LogP contribution in [-0.2, 0) is 15.0 Å². The van der Waals surface area contributed by atoms with Crippen molar-refractivity contribution in [2.75, 3.05) is 25.5 Å². The number of carbonyl (C=O) groups excluding carboxylic acids is 1. The zero-order valence-corrected chi connectivity index (χ0v) is 12.8. The van der Waals surface area contributed by atoms with E-state index < -0.39 is 16.3 Å². The third-order valence-corrected chi connectivity index (χ3v) is 4.98. The van der Waals surface area contributed by atoms with Gasteiger partial charge in [-0.15, -0.1) is 0 Å². The van der Waals surface area contributed by atoms with E-state index in [1.807, 2.05) is 0 Å². The molecule has 0 spiro atoms. The summed E-state index contributed by atoms with van der Waals surface area (Å²) < 4.78 is 27.1. The number of hydrogen-bond acceptors (Lipinski definition) is 3. The van der Waals surface area contributed by atoms with E-state index in [1.165, 1.54) is 19.0 Å². The molecule has 1 fully saturated rings. The molecule has 0 aromatic heterocycles. The SMILES string of the molecule is CN(C)S(=O)(=O)N[C@H]1CC(=O)N(c2ccccc2Cl)C1. The Kier molecular flexibility index (Phi) is 4.33. The van der Waals surface area contributed by atoms with Gasteiger partial charge in [0, 0.05) is 33.1 Å². The molecular weight excluding hydrogens is 302 g/mol. The van der Waals surface area contributed by atoms with Gasteiger partial charge in [0.1, 0.15) is 0 Å². The molecule has 0 radical (unpaired) electrons. The Balaban J connectivity index is 2.15. The van der Waals surface area contributed by atoms with Crippen LogP contribution in [0.2, 0.25) is 5.02 Å². The summed E-state index contributed by atoms with van der Waals surface area (Å²) in [6, 6.07) is 6.54. The molecule has 1 aromatic carbocycles. The van der Waals surface area contributed by atoms with Crippen molar-refractivity contribution in [2.24, 2.45) is 0 Å². The summed E-state index contributed by atoms with van der Waals surface area (Å²) in [5, 5.41) is 0.469. The van der Waals surface area contributed by atoms with E-state index in [0.717, 1.165) is 4.31 Å². The van der Waals surface area contributed by atoms with Gasteiger partial charge in [-0.2, -0.15) is 17.4 Å². The number of rotatable bonds is 4. The maximum Gasteiger partial charge on any atom is 0.279 e. The highest BCUT2D eigenvalue weighted by Crippen LogP contribution is 2.29. The van der Waals surface area contributed by atoms with Crippen LogP contribution in [0.4, 0.5) is 5.69 Å². The maximum absolute atomic E-state index is 12.0. The molecule has 1 atom stereocenters. The maximum atomic E-state index is 12.0. The number of nitrogens with zero attached hydrogens (tertiary/aromatic N) is 2. The van der Waals surface area contributed by atoms with E-state index in [0.29, 0.717) is 10.7 Å². The lowest BCUT2D eigenvalue weighted by atomic mass is 10.3. The molecule has 20 heavy (non-hydrogen) atoms. The van der Waals surface area contributed by atoms with Crippen LogP contribution >= 0.6 is 11.6 Å². The Morgan fingerprint density at radius 1 is 1.35 bits per heavy atom. The smallest absolute Gasteiger partial charge is 0.279 e. The first-order valence-electron chi connectivity index (χ1n) is 6.06. The molecule has 0 saturated carbocycles. The predicted octanol–water partition coefficient (Wildman–Crippen LogP) is 0.841. The molecule has 1 aromatic rings. The lowest BCUT2D eigenvalue weighted by Gasteiger charge is -2.19. The summed E-state index contributed by atoms with van der Waals surface area (Å²) in [5.41, 5.74) is 0.603. The van der Waals surface area contributed by atoms with E-state index in [9.17, 15) is 13.2 Å². The van der Waals surface area contributed by atoms with Crippen LogP contribution in [0.5, 0.6) is 0 Å². The molecule has 1 aliphatic rings. The van der Waals surface area contributed by atoms with Gasteiger partial charge in [-0.3, -0.25) is 4.79 Å². The molecule has 110 valence electrons. The first kappa shape index (κ1) is 15.2. The van der Waals surface area contributed by atoms with Crippen molar-refractivity contribution in [1.29, 1.82) is 0 Å². The molecule has 0 unspecified atom stereocenters. The standard InChI is InChI=1S/C12H16ClN3O3S/c1-15(2)20(18,19)14-9-7-12(17)16(8-9)11-6-4-3-5-10(11)13/h3-6,9,14H,7-8H2,1-2H3/t9-/m0/s1. The molecule has 2 rings (SSSR count). The number of carbonyl (C=O) groups is 1. The average Bonchev–Trinajstić information content (AvgIpc) is 2.69. The zero-order valence-electron chi connectivity index (χ0n) is 11.2. The van der Waals surface area contributed by atoms with Gasteiger partial charge < -0.3 is 4.90 Å². The van der Waals surface area contributed by atoms with Crippen molar-refractivity contribution in [1.82, 2.24) is 9.03 Å². The van der Waals surface area contributed by atoms with E-state index in [4.69, 9.17) is 11.6 Å². The highest BCUT2D eigenvalue weighted by atomic mass is 35.5. The van der Waals surface area contributed by atoms with Crippen LogP contribution in [0.25, 0.3) is 0 Å². The van der Waals surface area contributed by atoms with Crippen molar-refractivity contribution in [3.05, 3.63) is 29.3 Å². The summed E-state index contributed by atoms with van der Waals surface area (Å²) in [5.74, 6) is -0.149. The molecular formula is C12H16ClN3O3S. The van der Waals surface area contributed by atoms with Crippen LogP contribution in [0.3, 0.4) is 0 Å². The van der Waals surface area contributed by atoms with Crippen molar-refractivity contribution >= 4 is 33.4 Å². The Morgan fingerprint density at radius 3 is 2.60 bits per heavy atom. The van der Waals surface area contributed by atoms with Gasteiger partial charge in [-0.1, -0.05) is 23.7 Å². The Hall–Kier alpha value is -1.15. The van der Waals surface area contributed by atoms with Crippen molar-refractivity contribution in [3.8, 4) is 0 Å². The Morgan fingerprint density at radius 2 is 2.00 bits per heavy atom. The lowest BCUT2D eigenvalue weighted by molar-refractivity contribution is -0.117. The van der Waals surface area contributed by atoms with Gasteiger partial charge in [-0.05, 0) is 12.1 Å². The predicted molar refractivity (Wildman–Crippen MR) is 78.0 cm³/mol. The second-order valence-electron chi connectivity index (χ2n) is 4.76. The molecule has 1 heterocycles. The Labute approximate surface area is 123 Å². The molecule has 0 aliphatic carbocycles. The van der Waals surface area contributed by atoms with Crippen LogP contribution in [0.1, 0.15) is 6.42 Å². The summed E-state index contributed by atoms with van der Waals surface area (Å²) in [7, 11) is -0.678. The molecule has 8 heteroatoms.